The second-order valence-corrected chi connectivity index (χ2v) is 8.25. The summed E-state index contributed by atoms with van der Waals surface area (Å²) >= 11 is 0. The van der Waals surface area contributed by atoms with Crippen molar-refractivity contribution in [2.45, 2.75) is 19.8 Å². The molecule has 0 atom stereocenters. The summed E-state index contributed by atoms with van der Waals surface area (Å²) in [5, 5.41) is 5.24. The summed E-state index contributed by atoms with van der Waals surface area (Å²) in [6.45, 7) is 3.42. The number of nitrogens with one attached hydrogen (secondary N) is 2. The van der Waals surface area contributed by atoms with Crippen LogP contribution < -0.4 is 25.0 Å². The fourth-order valence-corrected chi connectivity index (χ4v) is 4.07. The number of anilines is 2. The van der Waals surface area contributed by atoms with E-state index in [0.717, 1.165) is 42.1 Å². The summed E-state index contributed by atoms with van der Waals surface area (Å²) in [4.78, 5) is 40.8. The van der Waals surface area contributed by atoms with E-state index in [4.69, 9.17) is 9.47 Å². The monoisotopic (exact) mass is 464 g/mol. The van der Waals surface area contributed by atoms with E-state index >= 15 is 0 Å². The van der Waals surface area contributed by atoms with Crippen molar-refractivity contribution in [2.75, 3.05) is 44.1 Å². The Morgan fingerprint density at radius 2 is 1.74 bits per heavy atom. The average Bonchev–Trinajstić information content (AvgIpc) is 3.45. The molecule has 2 aromatic carbocycles. The number of ether oxygens (including phenoxy) is 2. The molecule has 0 unspecified atom stereocenters. The number of hydrogen-bond acceptors (Lipinski definition) is 6. The second-order valence-electron chi connectivity index (χ2n) is 8.25. The summed E-state index contributed by atoms with van der Waals surface area (Å²) < 4.78 is 11.1. The zero-order chi connectivity index (χ0) is 24.2. The van der Waals surface area contributed by atoms with Crippen LogP contribution in [0.15, 0.2) is 42.1 Å². The molecule has 4 amide bonds. The topological polar surface area (TPSA) is 100 Å². The normalized spacial score (nSPS) is 16.7. The molecule has 178 valence electrons. The van der Waals surface area contributed by atoms with Gasteiger partial charge < -0.3 is 25.0 Å². The summed E-state index contributed by atoms with van der Waals surface area (Å²) in [7, 11) is 3.14. The molecular formula is C25H28N4O5. The van der Waals surface area contributed by atoms with Crippen LogP contribution in [0.4, 0.5) is 16.2 Å². The summed E-state index contributed by atoms with van der Waals surface area (Å²) in [5.41, 5.74) is 3.21. The highest BCUT2D eigenvalue weighted by atomic mass is 16.5. The van der Waals surface area contributed by atoms with Crippen LogP contribution in [-0.2, 0) is 9.59 Å². The molecule has 2 aliphatic heterocycles. The van der Waals surface area contributed by atoms with Gasteiger partial charge in [-0.25, -0.2) is 9.69 Å². The summed E-state index contributed by atoms with van der Waals surface area (Å²) in [6, 6.07) is 10.2. The molecule has 2 N–H and O–H groups in total. The smallest absolute Gasteiger partial charge is 0.329 e. The number of methoxy groups -OCH3 is 2. The molecule has 2 aromatic rings. The van der Waals surface area contributed by atoms with E-state index in [9.17, 15) is 14.4 Å². The van der Waals surface area contributed by atoms with E-state index in [1.54, 1.807) is 32.4 Å². The highest BCUT2D eigenvalue weighted by Crippen LogP contribution is 2.38. The minimum absolute atomic E-state index is 0.0578. The van der Waals surface area contributed by atoms with Crippen molar-refractivity contribution in [1.82, 2.24) is 10.2 Å². The molecule has 4 rings (SSSR count). The number of rotatable bonds is 7. The quantitative estimate of drug-likeness (QED) is 0.482. The van der Waals surface area contributed by atoms with Gasteiger partial charge in [0.15, 0.2) is 0 Å². The van der Waals surface area contributed by atoms with Gasteiger partial charge in [0.2, 0.25) is 5.91 Å². The highest BCUT2D eigenvalue weighted by molar-refractivity contribution is 6.16. The molecule has 2 aliphatic rings. The molecule has 9 heteroatoms. The van der Waals surface area contributed by atoms with Crippen molar-refractivity contribution in [3.05, 3.63) is 53.2 Å². The SMILES string of the molecule is COc1cc(N2CCCC2)c(OC)cc1/C=C1/NC(=O)N(CC(=O)Nc2ccc(C)cc2)C1=O. The molecule has 2 saturated heterocycles. The predicted octanol–water partition coefficient (Wildman–Crippen LogP) is 3.14. The van der Waals surface area contributed by atoms with Crippen LogP contribution >= 0.6 is 0 Å². The van der Waals surface area contributed by atoms with Crippen LogP contribution in [0.3, 0.4) is 0 Å². The van der Waals surface area contributed by atoms with E-state index in [0.29, 0.717) is 22.7 Å². The first-order chi connectivity index (χ1) is 16.4. The van der Waals surface area contributed by atoms with E-state index in [1.165, 1.54) is 6.08 Å². The standard InChI is InChI=1S/C25H28N4O5/c1-16-6-8-18(9-7-16)26-23(30)15-29-24(31)19(27-25(29)32)12-17-13-22(34-3)20(14-21(17)33-2)28-10-4-5-11-28/h6-9,12-14H,4-5,10-11,15H2,1-3H3,(H,26,30)(H,27,32)/b19-12+. The Hall–Kier alpha value is -4.01. The lowest BCUT2D eigenvalue weighted by Crippen LogP contribution is -2.38. The minimum atomic E-state index is -0.657. The number of nitrogens with zero attached hydrogens (tertiary/aromatic N) is 2. The number of amides is 4. The number of carbonyl (C=O) groups excluding carboxylic acids is 3. The molecule has 0 radical (unpaired) electrons. The Bertz CT molecular complexity index is 1140. The van der Waals surface area contributed by atoms with Crippen molar-refractivity contribution in [2.24, 2.45) is 0 Å². The Balaban J connectivity index is 1.53. The molecule has 2 fully saturated rings. The zero-order valence-corrected chi connectivity index (χ0v) is 19.5. The third kappa shape index (κ3) is 4.83. The van der Waals surface area contributed by atoms with Gasteiger partial charge in [0.05, 0.1) is 19.9 Å². The molecule has 0 saturated carbocycles. The van der Waals surface area contributed by atoms with Crippen LogP contribution in [0.5, 0.6) is 11.5 Å². The van der Waals surface area contributed by atoms with Gasteiger partial charge in [-0.05, 0) is 44.0 Å². The molecular weight excluding hydrogens is 436 g/mol. The number of aryl methyl sites for hydroxylation is 1. The lowest BCUT2D eigenvalue weighted by molar-refractivity contribution is -0.127. The number of benzene rings is 2. The van der Waals surface area contributed by atoms with Gasteiger partial charge in [-0.3, -0.25) is 9.59 Å². The van der Waals surface area contributed by atoms with Crippen LogP contribution in [0.25, 0.3) is 6.08 Å². The molecule has 2 heterocycles. The lowest BCUT2D eigenvalue weighted by atomic mass is 10.1. The molecule has 0 aromatic heterocycles. The fourth-order valence-electron chi connectivity index (χ4n) is 4.07. The van der Waals surface area contributed by atoms with Crippen molar-refractivity contribution < 1.29 is 23.9 Å². The maximum absolute atomic E-state index is 12.9. The largest absolute Gasteiger partial charge is 0.496 e. The van der Waals surface area contributed by atoms with Crippen molar-refractivity contribution in [1.29, 1.82) is 0 Å². The van der Waals surface area contributed by atoms with Gasteiger partial charge in [0.25, 0.3) is 5.91 Å². The van der Waals surface area contributed by atoms with Gasteiger partial charge in [-0.2, -0.15) is 0 Å². The van der Waals surface area contributed by atoms with Crippen molar-refractivity contribution in [3.63, 3.8) is 0 Å². The molecule has 0 bridgehead atoms. The van der Waals surface area contributed by atoms with E-state index in [2.05, 4.69) is 15.5 Å². The van der Waals surface area contributed by atoms with Crippen LogP contribution in [-0.4, -0.2) is 56.6 Å². The molecule has 34 heavy (non-hydrogen) atoms. The van der Waals surface area contributed by atoms with Gasteiger partial charge >= 0.3 is 6.03 Å². The van der Waals surface area contributed by atoms with E-state index in [1.807, 2.05) is 25.1 Å². The third-order valence-corrected chi connectivity index (χ3v) is 5.88. The highest BCUT2D eigenvalue weighted by Gasteiger charge is 2.35. The average molecular weight is 465 g/mol. The van der Waals surface area contributed by atoms with Gasteiger partial charge in [-0.1, -0.05) is 17.7 Å². The number of carbonyl (C=O) groups is 3. The third-order valence-electron chi connectivity index (χ3n) is 5.88. The van der Waals surface area contributed by atoms with E-state index < -0.39 is 24.4 Å². The van der Waals surface area contributed by atoms with Crippen molar-refractivity contribution >= 4 is 35.3 Å². The number of urea groups is 1. The van der Waals surface area contributed by atoms with Gasteiger partial charge in [-0.15, -0.1) is 0 Å². The Labute approximate surface area is 198 Å². The van der Waals surface area contributed by atoms with Gasteiger partial charge in [0, 0.05) is 30.4 Å². The Morgan fingerprint density at radius 1 is 1.06 bits per heavy atom. The predicted molar refractivity (Wildman–Crippen MR) is 129 cm³/mol. The van der Waals surface area contributed by atoms with Crippen LogP contribution in [0.1, 0.15) is 24.0 Å². The number of imide groups is 1. The van der Waals surface area contributed by atoms with Crippen LogP contribution in [0.2, 0.25) is 0 Å². The van der Waals surface area contributed by atoms with E-state index in [-0.39, 0.29) is 5.70 Å². The molecule has 0 aliphatic carbocycles. The maximum atomic E-state index is 12.9. The van der Waals surface area contributed by atoms with Crippen molar-refractivity contribution in [3.8, 4) is 11.5 Å². The van der Waals surface area contributed by atoms with Crippen LogP contribution in [0, 0.1) is 6.92 Å². The molecule has 0 spiro atoms. The molecule has 9 nitrogen and oxygen atoms in total. The Kier molecular flexibility index (Phi) is 6.72. The van der Waals surface area contributed by atoms with Gasteiger partial charge in [0.1, 0.15) is 23.7 Å². The number of hydrogen-bond donors (Lipinski definition) is 2. The first-order valence-electron chi connectivity index (χ1n) is 11.1. The second kappa shape index (κ2) is 9.86. The first kappa shape index (κ1) is 23.2. The Morgan fingerprint density at radius 3 is 2.38 bits per heavy atom. The maximum Gasteiger partial charge on any atom is 0.329 e. The first-order valence-corrected chi connectivity index (χ1v) is 11.1. The zero-order valence-electron chi connectivity index (χ0n) is 19.5. The fraction of sp³-hybridized carbons (Fsp3) is 0.320. The lowest BCUT2D eigenvalue weighted by Gasteiger charge is -2.22. The summed E-state index contributed by atoms with van der Waals surface area (Å²) in [5.74, 6) is 0.144. The minimum Gasteiger partial charge on any atom is -0.496 e. The summed E-state index contributed by atoms with van der Waals surface area (Å²) in [6.07, 6.45) is 3.77.